The molecule has 1 unspecified atom stereocenters. The molecule has 2 aromatic carbocycles. The summed E-state index contributed by atoms with van der Waals surface area (Å²) in [7, 11) is 0. The van der Waals surface area contributed by atoms with Crippen molar-refractivity contribution in [3.8, 4) is 0 Å². The van der Waals surface area contributed by atoms with Crippen LogP contribution in [0.4, 0.5) is 0 Å². The molecule has 1 heterocycles. The number of rotatable bonds is 6. The number of hydrogen-bond acceptors (Lipinski definition) is 3. The molecule has 4 heteroatoms. The number of amides is 1. The van der Waals surface area contributed by atoms with Crippen molar-refractivity contribution in [1.29, 1.82) is 0 Å². The van der Waals surface area contributed by atoms with Gasteiger partial charge in [0.05, 0.1) is 19.3 Å². The van der Waals surface area contributed by atoms with Gasteiger partial charge in [-0.25, -0.2) is 0 Å². The number of nitrogens with zero attached hydrogens (tertiary/aromatic N) is 1. The Labute approximate surface area is 162 Å². The van der Waals surface area contributed by atoms with E-state index in [1.165, 1.54) is 22.3 Å². The van der Waals surface area contributed by atoms with Crippen molar-refractivity contribution in [3.05, 3.63) is 70.3 Å². The summed E-state index contributed by atoms with van der Waals surface area (Å²) in [6.07, 6.45) is 0.864. The van der Waals surface area contributed by atoms with Crippen LogP contribution in [0.1, 0.15) is 52.0 Å². The van der Waals surface area contributed by atoms with Gasteiger partial charge in [0.25, 0.3) is 5.91 Å². The molecule has 0 spiro atoms. The van der Waals surface area contributed by atoms with Crippen LogP contribution in [0.2, 0.25) is 0 Å². The van der Waals surface area contributed by atoms with E-state index in [9.17, 15) is 4.79 Å². The summed E-state index contributed by atoms with van der Waals surface area (Å²) in [4.78, 5) is 15.2. The molecule has 0 aliphatic carbocycles. The van der Waals surface area contributed by atoms with E-state index in [1.54, 1.807) is 0 Å². The fraction of sp³-hybridized carbons (Fsp3) is 0.435. The lowest BCUT2D eigenvalue weighted by atomic mass is 9.97. The largest absolute Gasteiger partial charge is 0.379 e. The molecule has 144 valence electrons. The van der Waals surface area contributed by atoms with E-state index in [0.29, 0.717) is 0 Å². The van der Waals surface area contributed by atoms with Crippen molar-refractivity contribution in [2.75, 3.05) is 26.3 Å². The maximum Gasteiger partial charge on any atom is 0.251 e. The van der Waals surface area contributed by atoms with Crippen LogP contribution in [0.5, 0.6) is 0 Å². The van der Waals surface area contributed by atoms with Gasteiger partial charge in [-0.05, 0) is 49.1 Å². The molecular formula is C23H30N2O2. The average molecular weight is 367 g/mol. The Kier molecular flexibility index (Phi) is 6.64. The van der Waals surface area contributed by atoms with E-state index in [1.807, 2.05) is 18.2 Å². The molecule has 2 aromatic rings. The Morgan fingerprint density at radius 3 is 2.63 bits per heavy atom. The molecule has 1 amide bonds. The van der Waals surface area contributed by atoms with Crippen LogP contribution >= 0.6 is 0 Å². The lowest BCUT2D eigenvalue weighted by Crippen LogP contribution is -2.35. The number of benzene rings is 2. The molecule has 1 aliphatic rings. The second-order valence-corrected chi connectivity index (χ2v) is 7.38. The van der Waals surface area contributed by atoms with Crippen LogP contribution in [0, 0.1) is 13.8 Å². The summed E-state index contributed by atoms with van der Waals surface area (Å²) in [6.45, 7) is 10.6. The summed E-state index contributed by atoms with van der Waals surface area (Å²) in [6, 6.07) is 14.4. The second-order valence-electron chi connectivity index (χ2n) is 7.38. The smallest absolute Gasteiger partial charge is 0.251 e. The van der Waals surface area contributed by atoms with Crippen molar-refractivity contribution in [3.63, 3.8) is 0 Å². The van der Waals surface area contributed by atoms with Gasteiger partial charge in [0.1, 0.15) is 0 Å². The van der Waals surface area contributed by atoms with Crippen molar-refractivity contribution >= 4 is 5.91 Å². The predicted molar refractivity (Wildman–Crippen MR) is 109 cm³/mol. The van der Waals surface area contributed by atoms with Crippen LogP contribution in [-0.4, -0.2) is 37.1 Å². The van der Waals surface area contributed by atoms with E-state index >= 15 is 0 Å². The Morgan fingerprint density at radius 2 is 1.93 bits per heavy atom. The lowest BCUT2D eigenvalue weighted by molar-refractivity contribution is 0.0342. The van der Waals surface area contributed by atoms with Gasteiger partial charge in [-0.15, -0.1) is 0 Å². The van der Waals surface area contributed by atoms with Gasteiger partial charge in [0.15, 0.2) is 0 Å². The predicted octanol–water partition coefficient (Wildman–Crippen LogP) is 4.02. The Balaban J connectivity index is 1.70. The number of carbonyl (C=O) groups excluding carboxylic acids is 1. The van der Waals surface area contributed by atoms with Gasteiger partial charge in [-0.2, -0.15) is 0 Å². The summed E-state index contributed by atoms with van der Waals surface area (Å²) >= 11 is 0. The standard InChI is InChI=1S/C23H30N2O2/c1-4-22(21-9-8-17(2)14-18(21)3)24-23(26)20-7-5-6-19(15-20)16-25-10-12-27-13-11-25/h5-9,14-15,22H,4,10-13,16H2,1-3H3,(H,24,26). The van der Waals surface area contributed by atoms with Crippen LogP contribution in [0.25, 0.3) is 0 Å². The van der Waals surface area contributed by atoms with Crippen molar-refractivity contribution in [1.82, 2.24) is 10.2 Å². The van der Waals surface area contributed by atoms with E-state index in [-0.39, 0.29) is 11.9 Å². The van der Waals surface area contributed by atoms with Crippen LogP contribution < -0.4 is 5.32 Å². The monoisotopic (exact) mass is 366 g/mol. The summed E-state index contributed by atoms with van der Waals surface area (Å²) in [5.41, 5.74) is 5.56. The topological polar surface area (TPSA) is 41.6 Å². The van der Waals surface area contributed by atoms with E-state index in [2.05, 4.69) is 55.3 Å². The first-order valence-electron chi connectivity index (χ1n) is 9.84. The highest BCUT2D eigenvalue weighted by Gasteiger charge is 2.17. The number of carbonyl (C=O) groups is 1. The number of hydrogen-bond donors (Lipinski definition) is 1. The number of nitrogens with one attached hydrogen (secondary N) is 1. The SMILES string of the molecule is CCC(NC(=O)c1cccc(CN2CCOCC2)c1)c1ccc(C)cc1C. The fourth-order valence-electron chi connectivity index (χ4n) is 3.69. The van der Waals surface area contributed by atoms with Gasteiger partial charge in [-0.1, -0.05) is 42.8 Å². The maximum absolute atomic E-state index is 12.9. The molecule has 1 fully saturated rings. The van der Waals surface area contributed by atoms with Crippen molar-refractivity contribution in [2.24, 2.45) is 0 Å². The zero-order chi connectivity index (χ0) is 19.2. The fourth-order valence-corrected chi connectivity index (χ4v) is 3.69. The highest BCUT2D eigenvalue weighted by Crippen LogP contribution is 2.22. The van der Waals surface area contributed by atoms with Gasteiger partial charge < -0.3 is 10.1 Å². The molecule has 1 atom stereocenters. The van der Waals surface area contributed by atoms with Gasteiger partial charge >= 0.3 is 0 Å². The Morgan fingerprint density at radius 1 is 1.15 bits per heavy atom. The molecule has 1 saturated heterocycles. The van der Waals surface area contributed by atoms with Crippen LogP contribution in [0.3, 0.4) is 0 Å². The zero-order valence-corrected chi connectivity index (χ0v) is 16.6. The number of morpholine rings is 1. The minimum atomic E-state index is -0.00866. The summed E-state index contributed by atoms with van der Waals surface area (Å²) in [5, 5.41) is 3.22. The summed E-state index contributed by atoms with van der Waals surface area (Å²) < 4.78 is 5.41. The first-order valence-corrected chi connectivity index (χ1v) is 9.84. The first-order chi connectivity index (χ1) is 13.1. The van der Waals surface area contributed by atoms with Gasteiger partial charge in [-0.3, -0.25) is 9.69 Å². The molecule has 0 bridgehead atoms. The normalized spacial score (nSPS) is 16.1. The molecule has 0 saturated carbocycles. The van der Waals surface area contributed by atoms with E-state index < -0.39 is 0 Å². The summed E-state index contributed by atoms with van der Waals surface area (Å²) in [5.74, 6) is -0.00866. The Bertz CT molecular complexity index is 782. The second kappa shape index (κ2) is 9.16. The minimum Gasteiger partial charge on any atom is -0.379 e. The quantitative estimate of drug-likeness (QED) is 0.840. The molecule has 4 nitrogen and oxygen atoms in total. The highest BCUT2D eigenvalue weighted by molar-refractivity contribution is 5.94. The Hall–Kier alpha value is -2.17. The molecule has 0 aromatic heterocycles. The van der Waals surface area contributed by atoms with E-state index in [4.69, 9.17) is 4.74 Å². The molecule has 1 N–H and O–H groups in total. The molecule has 3 rings (SSSR count). The minimum absolute atomic E-state index is 0.00866. The third-order valence-electron chi connectivity index (χ3n) is 5.21. The molecule has 27 heavy (non-hydrogen) atoms. The third kappa shape index (κ3) is 5.18. The number of aryl methyl sites for hydroxylation is 2. The lowest BCUT2D eigenvalue weighted by Gasteiger charge is -2.26. The highest BCUT2D eigenvalue weighted by atomic mass is 16.5. The van der Waals surface area contributed by atoms with Gasteiger partial charge in [0.2, 0.25) is 0 Å². The average Bonchev–Trinajstić information content (AvgIpc) is 2.67. The molecule has 1 aliphatic heterocycles. The maximum atomic E-state index is 12.9. The van der Waals surface area contributed by atoms with Crippen molar-refractivity contribution < 1.29 is 9.53 Å². The van der Waals surface area contributed by atoms with Crippen LogP contribution in [-0.2, 0) is 11.3 Å². The first kappa shape index (κ1) is 19.6. The zero-order valence-electron chi connectivity index (χ0n) is 16.6. The van der Waals surface area contributed by atoms with Crippen molar-refractivity contribution in [2.45, 2.75) is 39.8 Å². The van der Waals surface area contributed by atoms with Crippen LogP contribution in [0.15, 0.2) is 42.5 Å². The molecular weight excluding hydrogens is 336 g/mol. The third-order valence-corrected chi connectivity index (χ3v) is 5.21. The van der Waals surface area contributed by atoms with E-state index in [0.717, 1.165) is 44.8 Å². The van der Waals surface area contributed by atoms with Gasteiger partial charge in [0, 0.05) is 25.2 Å². The molecule has 0 radical (unpaired) electrons. The number of ether oxygens (including phenoxy) is 1.